The Morgan fingerprint density at radius 2 is 2.04 bits per heavy atom. The van der Waals surface area contributed by atoms with Crippen LogP contribution in [0.4, 0.5) is 5.82 Å². The first-order chi connectivity index (χ1) is 13.1. The number of nitrogens with zero attached hydrogens (tertiary/aromatic N) is 3. The second-order valence-corrected chi connectivity index (χ2v) is 9.38. The molecule has 0 saturated carbocycles. The normalized spacial score (nSPS) is 18.3. The van der Waals surface area contributed by atoms with Crippen LogP contribution in [0.15, 0.2) is 24.5 Å². The zero-order valence-corrected chi connectivity index (χ0v) is 17.8. The van der Waals surface area contributed by atoms with Crippen molar-refractivity contribution in [2.24, 2.45) is 5.41 Å². The lowest BCUT2D eigenvalue weighted by atomic mass is 9.74. The van der Waals surface area contributed by atoms with Gasteiger partial charge in [0.1, 0.15) is 11.6 Å². The Labute approximate surface area is 167 Å². The molecule has 1 aliphatic rings. The van der Waals surface area contributed by atoms with Crippen molar-refractivity contribution in [3.05, 3.63) is 47.2 Å². The molecule has 0 bridgehead atoms. The maximum Gasteiger partial charge on any atom is 0.251 e. The van der Waals surface area contributed by atoms with E-state index in [0.29, 0.717) is 17.9 Å². The minimum atomic E-state index is -0.0875. The first kappa shape index (κ1) is 20.2. The molecule has 2 N–H and O–H groups in total. The second-order valence-electron chi connectivity index (χ2n) is 9.38. The average Bonchev–Trinajstić information content (AvgIpc) is 2.60. The summed E-state index contributed by atoms with van der Waals surface area (Å²) in [7, 11) is 0. The number of aromatic nitrogens is 3. The van der Waals surface area contributed by atoms with E-state index in [0.717, 1.165) is 29.9 Å². The Bertz CT molecular complexity index is 869. The lowest BCUT2D eigenvalue weighted by molar-refractivity contribution is 0.0955. The molecule has 2 heterocycles. The molecule has 0 spiro atoms. The Balaban J connectivity index is 1.91. The highest BCUT2D eigenvalue weighted by atomic mass is 16.1. The van der Waals surface area contributed by atoms with Crippen molar-refractivity contribution in [1.82, 2.24) is 20.3 Å². The summed E-state index contributed by atoms with van der Waals surface area (Å²) in [6, 6.07) is 3.59. The van der Waals surface area contributed by atoms with Gasteiger partial charge < -0.3 is 10.6 Å². The smallest absolute Gasteiger partial charge is 0.251 e. The van der Waals surface area contributed by atoms with E-state index in [-0.39, 0.29) is 22.8 Å². The Morgan fingerprint density at radius 3 is 2.71 bits per heavy atom. The lowest BCUT2D eigenvalue weighted by Gasteiger charge is -2.37. The lowest BCUT2D eigenvalue weighted by Crippen LogP contribution is -2.32. The number of fused-ring (bicyclic) bond motifs is 1. The van der Waals surface area contributed by atoms with Crippen molar-refractivity contribution in [2.45, 2.75) is 65.8 Å². The number of carbonyl (C=O) groups is 1. The molecule has 1 amide bonds. The minimum Gasteiger partial charge on any atom is -0.363 e. The van der Waals surface area contributed by atoms with Gasteiger partial charge in [0.05, 0.1) is 6.04 Å². The molecule has 0 fully saturated rings. The number of nitrogens with one attached hydrogen (secondary N) is 2. The number of hydrogen-bond donors (Lipinski definition) is 2. The van der Waals surface area contributed by atoms with Gasteiger partial charge in [-0.1, -0.05) is 34.6 Å². The van der Waals surface area contributed by atoms with Gasteiger partial charge in [0.25, 0.3) is 5.91 Å². The van der Waals surface area contributed by atoms with Gasteiger partial charge in [-0.05, 0) is 37.3 Å². The summed E-state index contributed by atoms with van der Waals surface area (Å²) in [5, 5.41) is 6.34. The van der Waals surface area contributed by atoms with E-state index in [1.807, 2.05) is 13.1 Å². The molecular weight excluding hydrogens is 350 g/mol. The zero-order chi connectivity index (χ0) is 20.5. The Kier molecular flexibility index (Phi) is 5.41. The molecule has 28 heavy (non-hydrogen) atoms. The summed E-state index contributed by atoms with van der Waals surface area (Å²) in [4.78, 5) is 26.1. The fraction of sp³-hybridized carbons (Fsp3) is 0.545. The SMILES string of the molecule is CCNC(=O)c1ccnc(N[C@H]2CC(C)(C)Cc3nc(C(C)(C)C)ncc32)c1. The molecule has 0 aromatic carbocycles. The van der Waals surface area contributed by atoms with E-state index >= 15 is 0 Å². The van der Waals surface area contributed by atoms with Crippen molar-refractivity contribution in [3.63, 3.8) is 0 Å². The van der Waals surface area contributed by atoms with Crippen LogP contribution in [0.1, 0.15) is 81.4 Å². The Hall–Kier alpha value is -2.50. The summed E-state index contributed by atoms with van der Waals surface area (Å²) in [6.07, 6.45) is 5.51. The number of rotatable bonds is 4. The highest BCUT2D eigenvalue weighted by Crippen LogP contribution is 2.41. The maximum atomic E-state index is 12.1. The van der Waals surface area contributed by atoms with Crippen LogP contribution < -0.4 is 10.6 Å². The molecule has 3 rings (SSSR count). The molecule has 6 nitrogen and oxygen atoms in total. The monoisotopic (exact) mass is 381 g/mol. The highest BCUT2D eigenvalue weighted by Gasteiger charge is 2.34. The summed E-state index contributed by atoms with van der Waals surface area (Å²) in [5.74, 6) is 1.48. The van der Waals surface area contributed by atoms with Crippen LogP contribution in [0.3, 0.4) is 0 Å². The summed E-state index contributed by atoms with van der Waals surface area (Å²) < 4.78 is 0. The van der Waals surface area contributed by atoms with Crippen molar-refractivity contribution in [2.75, 3.05) is 11.9 Å². The summed E-state index contributed by atoms with van der Waals surface area (Å²) in [6.45, 7) is 13.4. The standard InChI is InChI=1S/C22H31N5O/c1-7-23-19(28)14-8-9-24-18(10-14)26-16-11-22(5,6)12-17-15(16)13-25-20(27-17)21(2,3)4/h8-10,13,16H,7,11-12H2,1-6H3,(H,23,28)(H,24,26)/t16-/m0/s1. The van der Waals surface area contributed by atoms with Crippen LogP contribution >= 0.6 is 0 Å². The highest BCUT2D eigenvalue weighted by molar-refractivity contribution is 5.94. The first-order valence-corrected chi connectivity index (χ1v) is 9.96. The fourth-order valence-electron chi connectivity index (χ4n) is 3.63. The number of amides is 1. The number of pyridine rings is 1. The van der Waals surface area contributed by atoms with Crippen molar-refractivity contribution < 1.29 is 4.79 Å². The van der Waals surface area contributed by atoms with Crippen molar-refractivity contribution in [1.29, 1.82) is 0 Å². The van der Waals surface area contributed by atoms with Gasteiger partial charge in [-0.15, -0.1) is 0 Å². The van der Waals surface area contributed by atoms with Gasteiger partial charge in [-0.25, -0.2) is 15.0 Å². The molecule has 0 radical (unpaired) electrons. The fourth-order valence-corrected chi connectivity index (χ4v) is 3.63. The third-order valence-electron chi connectivity index (χ3n) is 5.03. The maximum absolute atomic E-state index is 12.1. The van der Waals surface area contributed by atoms with Gasteiger partial charge in [0.15, 0.2) is 0 Å². The first-order valence-electron chi connectivity index (χ1n) is 9.96. The average molecular weight is 382 g/mol. The molecule has 0 aliphatic heterocycles. The zero-order valence-electron chi connectivity index (χ0n) is 17.8. The van der Waals surface area contributed by atoms with Gasteiger partial charge in [-0.3, -0.25) is 4.79 Å². The van der Waals surface area contributed by atoms with E-state index in [4.69, 9.17) is 4.98 Å². The molecule has 6 heteroatoms. The van der Waals surface area contributed by atoms with E-state index in [2.05, 4.69) is 55.2 Å². The molecule has 1 aliphatic carbocycles. The predicted molar refractivity (Wildman–Crippen MR) is 111 cm³/mol. The third kappa shape index (κ3) is 4.49. The molecule has 2 aromatic heterocycles. The molecule has 2 aromatic rings. The van der Waals surface area contributed by atoms with Crippen molar-refractivity contribution >= 4 is 11.7 Å². The molecule has 0 saturated heterocycles. The number of hydrogen-bond acceptors (Lipinski definition) is 5. The Morgan fingerprint density at radius 1 is 1.29 bits per heavy atom. The minimum absolute atomic E-state index is 0.0600. The van der Waals surface area contributed by atoms with Gasteiger partial charge in [0, 0.05) is 41.2 Å². The topological polar surface area (TPSA) is 79.8 Å². The molecule has 150 valence electrons. The molecule has 1 atom stereocenters. The van der Waals surface area contributed by atoms with Crippen LogP contribution in [0, 0.1) is 5.41 Å². The summed E-state index contributed by atoms with van der Waals surface area (Å²) in [5.41, 5.74) is 2.87. The quantitative estimate of drug-likeness (QED) is 0.835. The second kappa shape index (κ2) is 7.49. The van der Waals surface area contributed by atoms with Crippen LogP contribution in [-0.2, 0) is 11.8 Å². The van der Waals surface area contributed by atoms with Gasteiger partial charge in [-0.2, -0.15) is 0 Å². The van der Waals surface area contributed by atoms with Gasteiger partial charge in [0.2, 0.25) is 0 Å². The van der Waals surface area contributed by atoms with E-state index in [1.54, 1.807) is 18.3 Å². The van der Waals surface area contributed by atoms with E-state index < -0.39 is 0 Å². The van der Waals surface area contributed by atoms with Crippen LogP contribution in [0.5, 0.6) is 0 Å². The van der Waals surface area contributed by atoms with E-state index in [9.17, 15) is 4.79 Å². The molecular formula is C22H31N5O. The van der Waals surface area contributed by atoms with Crippen LogP contribution in [0.25, 0.3) is 0 Å². The number of carbonyl (C=O) groups excluding carboxylic acids is 1. The van der Waals surface area contributed by atoms with E-state index in [1.165, 1.54) is 0 Å². The van der Waals surface area contributed by atoms with Crippen LogP contribution in [-0.4, -0.2) is 27.4 Å². The predicted octanol–water partition coefficient (Wildman–Crippen LogP) is 4.04. The molecule has 0 unspecified atom stereocenters. The summed E-state index contributed by atoms with van der Waals surface area (Å²) >= 11 is 0. The third-order valence-corrected chi connectivity index (χ3v) is 5.03. The number of anilines is 1. The largest absolute Gasteiger partial charge is 0.363 e. The van der Waals surface area contributed by atoms with Crippen molar-refractivity contribution in [3.8, 4) is 0 Å². The van der Waals surface area contributed by atoms with Gasteiger partial charge >= 0.3 is 0 Å². The van der Waals surface area contributed by atoms with Crippen LogP contribution in [0.2, 0.25) is 0 Å².